The molecule has 0 saturated heterocycles. The van der Waals surface area contributed by atoms with E-state index in [0.717, 1.165) is 11.6 Å². The second-order valence-electron chi connectivity index (χ2n) is 8.68. The molecule has 2 aliphatic rings. The van der Waals surface area contributed by atoms with Crippen molar-refractivity contribution < 1.29 is 22.5 Å². The van der Waals surface area contributed by atoms with E-state index in [0.29, 0.717) is 6.04 Å². The van der Waals surface area contributed by atoms with Gasteiger partial charge in [-0.25, -0.2) is 0 Å². The fraction of sp³-hybridized carbons (Fsp3) is 0.538. The Bertz CT molecular complexity index is 631. The molecule has 0 radical (unpaired) electrons. The molecule has 168 valence electrons. The molecule has 0 aromatic heterocycles. The summed E-state index contributed by atoms with van der Waals surface area (Å²) in [5.41, 5.74) is 0.798. The predicted octanol–water partition coefficient (Wildman–Crippen LogP) is 5.36. The summed E-state index contributed by atoms with van der Waals surface area (Å²) in [7, 11) is 4.18. The molecule has 4 rings (SSSR count). The van der Waals surface area contributed by atoms with E-state index >= 15 is 0 Å². The van der Waals surface area contributed by atoms with E-state index in [1.165, 1.54) is 62.0 Å². The molecule has 30 heavy (non-hydrogen) atoms. The molecule has 0 spiro atoms. The van der Waals surface area contributed by atoms with Crippen LogP contribution in [0.5, 0.6) is 0 Å². The van der Waals surface area contributed by atoms with Crippen molar-refractivity contribution in [3.05, 3.63) is 60.7 Å². The zero-order valence-electron chi connectivity index (χ0n) is 18.9. The Balaban J connectivity index is 0.000000566. The molecule has 2 aromatic rings. The number of hydrogen-bond acceptors (Lipinski definition) is 1. The van der Waals surface area contributed by atoms with Crippen molar-refractivity contribution in [3.63, 3.8) is 0 Å². The maximum atomic E-state index is 2.41. The second-order valence-corrected chi connectivity index (χ2v) is 11.1. The maximum Gasteiger partial charge on any atom is 0.00953 e. The van der Waals surface area contributed by atoms with Crippen LogP contribution in [0.25, 0.3) is 0 Å². The number of hydrogen-bond donors (Lipinski definition) is 0. The third-order valence-corrected chi connectivity index (χ3v) is 9.63. The molecule has 0 aliphatic heterocycles. The monoisotopic (exact) mass is 469 g/mol. The summed E-state index contributed by atoms with van der Waals surface area (Å²) in [6.45, 7) is 2.41. The average Bonchev–Trinajstić information content (AvgIpc) is 3.45. The first kappa shape index (κ1) is 27.3. The van der Waals surface area contributed by atoms with E-state index in [9.17, 15) is 0 Å². The summed E-state index contributed by atoms with van der Waals surface area (Å²) in [6, 6.07) is 23.1. The van der Waals surface area contributed by atoms with Crippen LogP contribution >= 0.6 is 7.92 Å². The number of nitrogens with zero attached hydrogens (tertiary/aromatic N) is 1. The van der Waals surface area contributed by atoms with Gasteiger partial charge in [-0.2, -0.15) is 0 Å². The quantitative estimate of drug-likeness (QED) is 0.429. The van der Waals surface area contributed by atoms with Gasteiger partial charge in [0, 0.05) is 23.1 Å². The van der Waals surface area contributed by atoms with Crippen LogP contribution in [0.2, 0.25) is 0 Å². The van der Waals surface area contributed by atoms with Gasteiger partial charge in [-0.05, 0) is 64.0 Å². The molecule has 0 bridgehead atoms. The first-order valence-electron chi connectivity index (χ1n) is 11.2. The SMILES string of the molecule is C1CCCC1.CC(C1CCCC1P(c1ccccc1)c1ccccc1)N(C)C.O.[Fe]. The Morgan fingerprint density at radius 2 is 1.17 bits per heavy atom. The van der Waals surface area contributed by atoms with E-state index in [4.69, 9.17) is 0 Å². The van der Waals surface area contributed by atoms with Crippen molar-refractivity contribution in [2.24, 2.45) is 5.92 Å². The summed E-state index contributed by atoms with van der Waals surface area (Å²) >= 11 is 0. The molecule has 2 fully saturated rings. The third-order valence-electron chi connectivity index (χ3n) is 6.62. The summed E-state index contributed by atoms with van der Waals surface area (Å²) < 4.78 is 0. The van der Waals surface area contributed by atoms with Gasteiger partial charge in [0.25, 0.3) is 0 Å². The fourth-order valence-corrected chi connectivity index (χ4v) is 8.10. The summed E-state index contributed by atoms with van der Waals surface area (Å²) in [5.74, 6) is 0.802. The predicted molar refractivity (Wildman–Crippen MR) is 130 cm³/mol. The molecule has 0 amide bonds. The Hall–Kier alpha value is -0.691. The molecule has 0 heterocycles. The molecule has 3 unspecified atom stereocenters. The first-order valence-corrected chi connectivity index (χ1v) is 12.7. The van der Waals surface area contributed by atoms with E-state index in [-0.39, 0.29) is 30.5 Å². The second kappa shape index (κ2) is 14.4. The van der Waals surface area contributed by atoms with Gasteiger partial charge >= 0.3 is 0 Å². The van der Waals surface area contributed by atoms with Crippen molar-refractivity contribution in [1.82, 2.24) is 4.90 Å². The molecule has 4 heteroatoms. The zero-order valence-corrected chi connectivity index (χ0v) is 20.9. The van der Waals surface area contributed by atoms with Crippen LogP contribution in [-0.4, -0.2) is 36.2 Å². The van der Waals surface area contributed by atoms with Crippen molar-refractivity contribution >= 4 is 18.5 Å². The Morgan fingerprint density at radius 3 is 1.57 bits per heavy atom. The van der Waals surface area contributed by atoms with Crippen LogP contribution < -0.4 is 10.6 Å². The minimum absolute atomic E-state index is 0. The van der Waals surface area contributed by atoms with Crippen molar-refractivity contribution in [2.75, 3.05) is 14.1 Å². The third kappa shape index (κ3) is 7.47. The molecule has 3 atom stereocenters. The van der Waals surface area contributed by atoms with E-state index < -0.39 is 0 Å². The van der Waals surface area contributed by atoms with Crippen molar-refractivity contribution in [3.8, 4) is 0 Å². The molecular formula is C26H40FeNOP. The van der Waals surface area contributed by atoms with Crippen molar-refractivity contribution in [2.45, 2.75) is 70.0 Å². The van der Waals surface area contributed by atoms with E-state index in [2.05, 4.69) is 86.6 Å². The van der Waals surface area contributed by atoms with Gasteiger partial charge in [-0.1, -0.05) is 99.2 Å². The summed E-state index contributed by atoms with van der Waals surface area (Å²) in [6.07, 6.45) is 11.6. The van der Waals surface area contributed by atoms with Crippen LogP contribution in [-0.2, 0) is 17.1 Å². The molecular weight excluding hydrogens is 429 g/mol. The minimum Gasteiger partial charge on any atom is -0.412 e. The molecule has 2 N–H and O–H groups in total. The van der Waals surface area contributed by atoms with E-state index in [1.54, 1.807) is 0 Å². The Morgan fingerprint density at radius 1 is 0.733 bits per heavy atom. The topological polar surface area (TPSA) is 34.7 Å². The largest absolute Gasteiger partial charge is 0.412 e. The van der Waals surface area contributed by atoms with Crippen LogP contribution in [0.15, 0.2) is 60.7 Å². The Labute approximate surface area is 196 Å². The van der Waals surface area contributed by atoms with Gasteiger partial charge in [0.2, 0.25) is 0 Å². The van der Waals surface area contributed by atoms with Crippen LogP contribution in [0.1, 0.15) is 58.3 Å². The molecule has 2 aliphatic carbocycles. The normalized spacial score (nSPS) is 21.4. The zero-order chi connectivity index (χ0) is 19.8. The van der Waals surface area contributed by atoms with Crippen LogP contribution in [0.4, 0.5) is 0 Å². The van der Waals surface area contributed by atoms with Gasteiger partial charge in [-0.3, -0.25) is 0 Å². The van der Waals surface area contributed by atoms with Gasteiger partial charge < -0.3 is 10.4 Å². The number of rotatable bonds is 5. The van der Waals surface area contributed by atoms with Gasteiger partial charge in [-0.15, -0.1) is 0 Å². The Kier molecular flexibility index (Phi) is 13.1. The standard InChI is InChI=1S/C21H28NP.C5H10.Fe.H2O/c1-17(22(2)3)20-15-10-16-21(20)23(18-11-6-4-7-12-18)19-13-8-5-9-14-19;1-2-4-5-3-1;;/h4-9,11-14,17,20-21H,10,15-16H2,1-3H3;1-5H2;;1H2. The molecule has 2 saturated carbocycles. The van der Waals surface area contributed by atoms with Gasteiger partial charge in [0.05, 0.1) is 0 Å². The minimum atomic E-state index is -0.275. The van der Waals surface area contributed by atoms with E-state index in [1.807, 2.05) is 0 Å². The number of benzene rings is 2. The van der Waals surface area contributed by atoms with Crippen LogP contribution in [0, 0.1) is 5.92 Å². The fourth-order valence-electron chi connectivity index (χ4n) is 4.83. The molecule has 2 aromatic carbocycles. The van der Waals surface area contributed by atoms with Crippen LogP contribution in [0.3, 0.4) is 0 Å². The summed E-state index contributed by atoms with van der Waals surface area (Å²) in [5, 5.41) is 3.08. The van der Waals surface area contributed by atoms with Gasteiger partial charge in [0.1, 0.15) is 0 Å². The smallest absolute Gasteiger partial charge is 0.00953 e. The van der Waals surface area contributed by atoms with Gasteiger partial charge in [0.15, 0.2) is 0 Å². The molecule has 2 nitrogen and oxygen atoms in total. The first-order chi connectivity index (χ1) is 13.7. The maximum absolute atomic E-state index is 2.41. The average molecular weight is 469 g/mol. The summed E-state index contributed by atoms with van der Waals surface area (Å²) in [4.78, 5) is 2.41. The van der Waals surface area contributed by atoms with Crippen molar-refractivity contribution in [1.29, 1.82) is 0 Å².